The molecule has 0 unspecified atom stereocenters. The van der Waals surface area contributed by atoms with Gasteiger partial charge in [0.05, 0.1) is 16.5 Å². The van der Waals surface area contributed by atoms with E-state index >= 15 is 0 Å². The summed E-state index contributed by atoms with van der Waals surface area (Å²) in [5.74, 6) is 0. The highest BCUT2D eigenvalue weighted by molar-refractivity contribution is 7.22. The van der Waals surface area contributed by atoms with Gasteiger partial charge in [-0.3, -0.25) is 0 Å². The van der Waals surface area contributed by atoms with Crippen LogP contribution in [0.5, 0.6) is 0 Å². The summed E-state index contributed by atoms with van der Waals surface area (Å²) in [7, 11) is 4.08. The molecule has 3 heterocycles. The Balaban J connectivity index is 1.60. The van der Waals surface area contributed by atoms with E-state index in [0.717, 1.165) is 42.5 Å². The van der Waals surface area contributed by atoms with E-state index in [-0.39, 0.29) is 0 Å². The summed E-state index contributed by atoms with van der Waals surface area (Å²) < 4.78 is 8.73. The van der Waals surface area contributed by atoms with E-state index in [1.165, 1.54) is 17.5 Å². The Morgan fingerprint density at radius 3 is 3.05 bits per heavy atom. The molecule has 0 radical (unpaired) electrons. The normalized spacial score (nSPS) is 19.1. The Hall–Kier alpha value is -1.14. The fourth-order valence-electron chi connectivity index (χ4n) is 2.76. The number of fused-ring (bicyclic) bond motifs is 1. The van der Waals surface area contributed by atoms with Crippen LogP contribution in [-0.4, -0.2) is 41.1 Å². The fraction of sp³-hybridized carbons (Fsp3) is 0.714. The summed E-state index contributed by atoms with van der Waals surface area (Å²) in [5.41, 5.74) is 2.06. The predicted octanol–water partition coefficient (Wildman–Crippen LogP) is 2.73. The number of rotatable bonds is 5. The minimum Gasteiger partial charge on any atom is -0.378 e. The lowest BCUT2D eigenvalue weighted by atomic mass is 10.1. The number of ether oxygens (including phenoxy) is 1. The van der Waals surface area contributed by atoms with Crippen LogP contribution in [0, 0.1) is 6.92 Å². The third kappa shape index (κ3) is 2.67. The van der Waals surface area contributed by atoms with E-state index in [1.807, 2.05) is 18.7 Å². The Morgan fingerprint density at radius 1 is 1.50 bits per heavy atom. The summed E-state index contributed by atoms with van der Waals surface area (Å²) in [6.07, 6.45) is 5.27. The number of hydrogen-bond donors (Lipinski definition) is 0. The van der Waals surface area contributed by atoms with Gasteiger partial charge in [0.15, 0.2) is 10.8 Å². The van der Waals surface area contributed by atoms with E-state index in [1.54, 1.807) is 11.3 Å². The summed E-state index contributed by atoms with van der Waals surface area (Å²) in [5, 5.41) is 5.48. The van der Waals surface area contributed by atoms with Crippen molar-refractivity contribution in [1.29, 1.82) is 0 Å². The van der Waals surface area contributed by atoms with E-state index < -0.39 is 0 Å². The van der Waals surface area contributed by atoms with Crippen molar-refractivity contribution in [1.82, 2.24) is 14.8 Å². The van der Waals surface area contributed by atoms with Crippen LogP contribution < -0.4 is 4.90 Å². The maximum atomic E-state index is 5.66. The lowest BCUT2D eigenvalue weighted by Gasteiger charge is -2.16. The highest BCUT2D eigenvalue weighted by Crippen LogP contribution is 2.30. The summed E-state index contributed by atoms with van der Waals surface area (Å²) in [6, 6.07) is 0. The van der Waals surface area contributed by atoms with Crippen LogP contribution in [0.3, 0.4) is 0 Å². The second-order valence-electron chi connectivity index (χ2n) is 5.56. The van der Waals surface area contributed by atoms with Gasteiger partial charge < -0.3 is 9.64 Å². The number of aryl methyl sites for hydroxylation is 2. The molecule has 1 aliphatic rings. The van der Waals surface area contributed by atoms with Crippen LogP contribution in [-0.2, 0) is 11.8 Å². The maximum Gasteiger partial charge on any atom is 0.187 e. The first-order chi connectivity index (χ1) is 9.65. The van der Waals surface area contributed by atoms with Crippen LogP contribution in [0.4, 0.5) is 5.13 Å². The molecule has 0 aliphatic carbocycles. The number of nitrogens with zero attached hydrogens (tertiary/aromatic N) is 4. The Kier molecular flexibility index (Phi) is 3.94. The third-order valence-electron chi connectivity index (χ3n) is 3.90. The first-order valence-corrected chi connectivity index (χ1v) is 8.09. The molecule has 6 heteroatoms. The average molecular weight is 294 g/mol. The molecule has 5 nitrogen and oxygen atoms in total. The number of thiazole rings is 1. The molecule has 1 saturated heterocycles. The molecule has 0 bridgehead atoms. The van der Waals surface area contributed by atoms with E-state index in [2.05, 4.69) is 17.0 Å². The van der Waals surface area contributed by atoms with Gasteiger partial charge in [-0.25, -0.2) is 9.67 Å². The molecule has 2 aromatic heterocycles. The standard InChI is InChI=1S/C14H22N4OS/c1-10-12-13(18(3)16-10)15-14(20-12)17(2)8-4-6-11-7-5-9-19-11/h11H,4-9H2,1-3H3/t11-/m1/s1. The highest BCUT2D eigenvalue weighted by atomic mass is 32.1. The molecule has 2 aromatic rings. The Labute approximate surface area is 123 Å². The third-order valence-corrected chi connectivity index (χ3v) is 5.17. The second kappa shape index (κ2) is 5.69. The van der Waals surface area contributed by atoms with Crippen molar-refractivity contribution >= 4 is 26.8 Å². The van der Waals surface area contributed by atoms with Crippen molar-refractivity contribution in [2.24, 2.45) is 7.05 Å². The minimum atomic E-state index is 0.491. The van der Waals surface area contributed by atoms with Gasteiger partial charge in [0.1, 0.15) is 0 Å². The van der Waals surface area contributed by atoms with Crippen LogP contribution in [0.15, 0.2) is 0 Å². The van der Waals surface area contributed by atoms with Crippen LogP contribution in [0.25, 0.3) is 10.3 Å². The van der Waals surface area contributed by atoms with Crippen molar-refractivity contribution in [3.63, 3.8) is 0 Å². The maximum absolute atomic E-state index is 5.66. The first-order valence-electron chi connectivity index (χ1n) is 7.28. The molecule has 110 valence electrons. The van der Waals surface area contributed by atoms with E-state index in [0.29, 0.717) is 6.10 Å². The molecule has 0 spiro atoms. The van der Waals surface area contributed by atoms with Gasteiger partial charge in [0.2, 0.25) is 0 Å². The molecular weight excluding hydrogens is 272 g/mol. The first kappa shape index (κ1) is 13.8. The Morgan fingerprint density at radius 2 is 2.35 bits per heavy atom. The van der Waals surface area contributed by atoms with Crippen molar-refractivity contribution in [2.45, 2.75) is 38.7 Å². The van der Waals surface area contributed by atoms with Crippen LogP contribution in [0.1, 0.15) is 31.4 Å². The van der Waals surface area contributed by atoms with Gasteiger partial charge in [0, 0.05) is 27.2 Å². The Bertz CT molecular complexity index is 551. The highest BCUT2D eigenvalue weighted by Gasteiger charge is 2.17. The van der Waals surface area contributed by atoms with Crippen molar-refractivity contribution in [2.75, 3.05) is 25.1 Å². The van der Waals surface area contributed by atoms with Gasteiger partial charge in [-0.2, -0.15) is 5.10 Å². The van der Waals surface area contributed by atoms with E-state index in [4.69, 9.17) is 9.72 Å². The van der Waals surface area contributed by atoms with Crippen LogP contribution >= 0.6 is 11.3 Å². The minimum absolute atomic E-state index is 0.491. The molecule has 1 fully saturated rings. The largest absolute Gasteiger partial charge is 0.378 e. The molecule has 0 N–H and O–H groups in total. The van der Waals surface area contributed by atoms with Gasteiger partial charge in [-0.05, 0) is 32.6 Å². The van der Waals surface area contributed by atoms with Crippen molar-refractivity contribution in [3.8, 4) is 0 Å². The van der Waals surface area contributed by atoms with E-state index in [9.17, 15) is 0 Å². The van der Waals surface area contributed by atoms with Gasteiger partial charge in [0.25, 0.3) is 0 Å². The summed E-state index contributed by atoms with van der Waals surface area (Å²) in [4.78, 5) is 6.95. The molecule has 1 aliphatic heterocycles. The quantitative estimate of drug-likeness (QED) is 0.850. The zero-order valence-corrected chi connectivity index (χ0v) is 13.2. The zero-order chi connectivity index (χ0) is 14.1. The number of anilines is 1. The average Bonchev–Trinajstić information content (AvgIpc) is 3.11. The predicted molar refractivity (Wildman–Crippen MR) is 82.6 cm³/mol. The fourth-order valence-corrected chi connectivity index (χ4v) is 3.78. The monoisotopic (exact) mass is 294 g/mol. The molecule has 20 heavy (non-hydrogen) atoms. The summed E-state index contributed by atoms with van der Waals surface area (Å²) in [6.45, 7) is 4.03. The molecule has 0 saturated carbocycles. The van der Waals surface area contributed by atoms with Crippen molar-refractivity contribution in [3.05, 3.63) is 5.69 Å². The lowest BCUT2D eigenvalue weighted by Crippen LogP contribution is -2.19. The number of hydrogen-bond acceptors (Lipinski definition) is 5. The molecular formula is C14H22N4OS. The SMILES string of the molecule is Cc1nn(C)c2nc(N(C)CCC[C@@H]3CCCO3)sc12. The molecule has 1 atom stereocenters. The number of aromatic nitrogens is 3. The second-order valence-corrected chi connectivity index (χ2v) is 6.53. The summed E-state index contributed by atoms with van der Waals surface area (Å²) >= 11 is 1.74. The zero-order valence-electron chi connectivity index (χ0n) is 12.4. The van der Waals surface area contributed by atoms with Gasteiger partial charge in [-0.1, -0.05) is 11.3 Å². The lowest BCUT2D eigenvalue weighted by molar-refractivity contribution is 0.103. The van der Waals surface area contributed by atoms with Crippen molar-refractivity contribution < 1.29 is 4.74 Å². The topological polar surface area (TPSA) is 43.2 Å². The van der Waals surface area contributed by atoms with Gasteiger partial charge in [-0.15, -0.1) is 0 Å². The van der Waals surface area contributed by atoms with Crippen LogP contribution in [0.2, 0.25) is 0 Å². The molecule has 0 aromatic carbocycles. The van der Waals surface area contributed by atoms with Gasteiger partial charge >= 0.3 is 0 Å². The molecule has 3 rings (SSSR count). The smallest absolute Gasteiger partial charge is 0.187 e. The molecule has 0 amide bonds.